The summed E-state index contributed by atoms with van der Waals surface area (Å²) in [5, 5.41) is 9.71. The molecule has 1 aromatic carbocycles. The van der Waals surface area contributed by atoms with Crippen molar-refractivity contribution in [2.45, 2.75) is 51.0 Å². The van der Waals surface area contributed by atoms with Crippen LogP contribution in [0.25, 0.3) is 5.69 Å². The topological polar surface area (TPSA) is 52.8 Å². The van der Waals surface area contributed by atoms with Crippen molar-refractivity contribution >= 4 is 11.6 Å². The summed E-state index contributed by atoms with van der Waals surface area (Å²) in [5.74, 6) is 3.13. The zero-order valence-corrected chi connectivity index (χ0v) is 16.1. The van der Waals surface area contributed by atoms with Crippen molar-refractivity contribution in [3.8, 4) is 11.6 Å². The van der Waals surface area contributed by atoms with Crippen LogP contribution in [0.1, 0.15) is 50.2 Å². The minimum atomic E-state index is 0.216. The fourth-order valence-corrected chi connectivity index (χ4v) is 3.85. The van der Waals surface area contributed by atoms with Crippen LogP contribution in [0.3, 0.4) is 0 Å². The molecule has 140 valence electrons. The van der Waals surface area contributed by atoms with E-state index >= 15 is 0 Å². The van der Waals surface area contributed by atoms with E-state index in [0.29, 0.717) is 11.8 Å². The summed E-state index contributed by atoms with van der Waals surface area (Å²) < 4.78 is 8.22. The van der Waals surface area contributed by atoms with Crippen LogP contribution in [0, 0.1) is 0 Å². The van der Waals surface area contributed by atoms with E-state index in [4.69, 9.17) is 16.3 Å². The first-order chi connectivity index (χ1) is 13.2. The summed E-state index contributed by atoms with van der Waals surface area (Å²) in [4.78, 5) is 4.27. The molecular weight excluding hydrogens is 360 g/mol. The number of hydrogen-bond donors (Lipinski definition) is 0. The van der Waals surface area contributed by atoms with Gasteiger partial charge in [0.2, 0.25) is 5.88 Å². The Morgan fingerprint density at radius 3 is 2.48 bits per heavy atom. The number of halogens is 1. The van der Waals surface area contributed by atoms with E-state index in [1.807, 2.05) is 42.5 Å². The lowest BCUT2D eigenvalue weighted by atomic mass is 9.86. The van der Waals surface area contributed by atoms with Gasteiger partial charge in [0.1, 0.15) is 17.8 Å². The third kappa shape index (κ3) is 3.98. The molecule has 1 fully saturated rings. The van der Waals surface area contributed by atoms with Gasteiger partial charge >= 0.3 is 0 Å². The fourth-order valence-electron chi connectivity index (χ4n) is 3.72. The van der Waals surface area contributed by atoms with Gasteiger partial charge in [-0.2, -0.15) is 0 Å². The molecule has 0 N–H and O–H groups in total. The summed E-state index contributed by atoms with van der Waals surface area (Å²) in [6.45, 7) is 2.11. The van der Waals surface area contributed by atoms with E-state index in [2.05, 4.69) is 26.7 Å². The summed E-state index contributed by atoms with van der Waals surface area (Å²) in [5.41, 5.74) is 1.07. The molecule has 4 rings (SSSR count). The van der Waals surface area contributed by atoms with Gasteiger partial charge in [0.25, 0.3) is 0 Å². The largest absolute Gasteiger partial charge is 0.474 e. The maximum absolute atomic E-state index is 6.06. The molecule has 0 saturated heterocycles. The predicted molar refractivity (Wildman–Crippen MR) is 106 cm³/mol. The predicted octanol–water partition coefficient (Wildman–Crippen LogP) is 4.98. The van der Waals surface area contributed by atoms with Crippen molar-refractivity contribution in [2.24, 2.45) is 0 Å². The Kier molecular flexibility index (Phi) is 5.39. The van der Waals surface area contributed by atoms with Gasteiger partial charge in [0.15, 0.2) is 0 Å². The van der Waals surface area contributed by atoms with Crippen molar-refractivity contribution in [3.63, 3.8) is 0 Å². The van der Waals surface area contributed by atoms with Crippen LogP contribution in [0.15, 0.2) is 48.7 Å². The molecule has 6 heteroatoms. The highest BCUT2D eigenvalue weighted by Crippen LogP contribution is 2.35. The summed E-state index contributed by atoms with van der Waals surface area (Å²) in [6, 6.07) is 13.7. The lowest BCUT2D eigenvalue weighted by Crippen LogP contribution is -2.25. The van der Waals surface area contributed by atoms with Crippen molar-refractivity contribution in [1.29, 1.82) is 0 Å². The van der Waals surface area contributed by atoms with Crippen LogP contribution in [0.2, 0.25) is 5.02 Å². The van der Waals surface area contributed by atoms with Crippen molar-refractivity contribution < 1.29 is 4.74 Å². The first-order valence-corrected chi connectivity index (χ1v) is 9.90. The molecule has 1 aliphatic rings. The number of pyridine rings is 1. The van der Waals surface area contributed by atoms with Gasteiger partial charge in [-0.25, -0.2) is 4.98 Å². The highest BCUT2D eigenvalue weighted by Gasteiger charge is 2.28. The minimum Gasteiger partial charge on any atom is -0.474 e. The zero-order chi connectivity index (χ0) is 18.6. The molecule has 0 amide bonds. The lowest BCUT2D eigenvalue weighted by molar-refractivity contribution is 0.139. The molecule has 0 bridgehead atoms. The van der Waals surface area contributed by atoms with Crippen LogP contribution >= 0.6 is 11.6 Å². The average molecular weight is 383 g/mol. The fraction of sp³-hybridized carbons (Fsp3) is 0.381. The highest BCUT2D eigenvalue weighted by molar-refractivity contribution is 6.30. The zero-order valence-electron chi connectivity index (χ0n) is 15.4. The van der Waals surface area contributed by atoms with Crippen LogP contribution in [-0.2, 0) is 6.42 Å². The molecule has 2 aromatic heterocycles. The van der Waals surface area contributed by atoms with Crippen LogP contribution in [-0.4, -0.2) is 25.9 Å². The van der Waals surface area contributed by atoms with Gasteiger partial charge in [-0.3, -0.25) is 4.57 Å². The van der Waals surface area contributed by atoms with Crippen molar-refractivity contribution in [2.75, 3.05) is 0 Å². The Balaban J connectivity index is 1.50. The first-order valence-electron chi connectivity index (χ1n) is 9.52. The monoisotopic (exact) mass is 382 g/mol. The molecule has 0 radical (unpaired) electrons. The summed E-state index contributed by atoms with van der Waals surface area (Å²) >= 11 is 6.06. The number of ether oxygens (including phenoxy) is 1. The van der Waals surface area contributed by atoms with Gasteiger partial charge in [0, 0.05) is 35.3 Å². The number of nitrogens with zero attached hydrogens (tertiary/aromatic N) is 4. The minimum absolute atomic E-state index is 0.216. The van der Waals surface area contributed by atoms with E-state index in [1.54, 1.807) is 6.20 Å². The first kappa shape index (κ1) is 18.0. The molecule has 27 heavy (non-hydrogen) atoms. The van der Waals surface area contributed by atoms with Gasteiger partial charge in [-0.15, -0.1) is 10.2 Å². The second-order valence-electron chi connectivity index (χ2n) is 6.90. The molecule has 1 saturated carbocycles. The third-order valence-corrected chi connectivity index (χ3v) is 5.37. The summed E-state index contributed by atoms with van der Waals surface area (Å²) in [6.07, 6.45) is 6.88. The number of hydrogen-bond acceptors (Lipinski definition) is 4. The Bertz CT molecular complexity index is 871. The van der Waals surface area contributed by atoms with Gasteiger partial charge in [-0.1, -0.05) is 24.6 Å². The molecule has 0 unspecified atom stereocenters. The molecule has 0 spiro atoms. The number of rotatable bonds is 5. The Morgan fingerprint density at radius 2 is 1.81 bits per heavy atom. The van der Waals surface area contributed by atoms with E-state index in [0.717, 1.165) is 54.5 Å². The average Bonchev–Trinajstić information content (AvgIpc) is 3.14. The molecule has 0 aliphatic heterocycles. The van der Waals surface area contributed by atoms with Crippen LogP contribution in [0.5, 0.6) is 5.88 Å². The van der Waals surface area contributed by atoms with E-state index in [9.17, 15) is 0 Å². The summed E-state index contributed by atoms with van der Waals surface area (Å²) in [7, 11) is 0. The maximum Gasteiger partial charge on any atom is 0.213 e. The van der Waals surface area contributed by atoms with E-state index < -0.39 is 0 Å². The van der Waals surface area contributed by atoms with E-state index in [1.165, 1.54) is 0 Å². The number of benzene rings is 1. The molecule has 0 atom stereocenters. The van der Waals surface area contributed by atoms with Gasteiger partial charge < -0.3 is 4.74 Å². The molecule has 1 aliphatic carbocycles. The second-order valence-corrected chi connectivity index (χ2v) is 7.34. The maximum atomic E-state index is 6.06. The Labute approximate surface area is 164 Å². The molecule has 5 nitrogen and oxygen atoms in total. The SMILES string of the molecule is CCc1nnc([C@H]2CC[C@H](Oc3ccccn3)CC2)n1-c1ccc(Cl)cc1. The quantitative estimate of drug-likeness (QED) is 0.624. The third-order valence-electron chi connectivity index (χ3n) is 5.12. The number of aryl methyl sites for hydroxylation is 1. The normalized spacial score (nSPS) is 19.8. The standard InChI is InChI=1S/C21H23ClN4O/c1-2-19-24-25-21(26(19)17-10-8-16(22)9-11-17)15-6-12-18(13-7-15)27-20-5-3-4-14-23-20/h3-5,8-11,14-15,18H,2,6-7,12-13H2,1H3/t15-,18-. The molecule has 3 aromatic rings. The van der Waals surface area contributed by atoms with Gasteiger partial charge in [0.05, 0.1) is 0 Å². The Morgan fingerprint density at radius 1 is 1.04 bits per heavy atom. The van der Waals surface area contributed by atoms with Crippen LogP contribution in [0.4, 0.5) is 0 Å². The van der Waals surface area contributed by atoms with E-state index in [-0.39, 0.29) is 6.10 Å². The molecular formula is C21H23ClN4O. The van der Waals surface area contributed by atoms with Crippen molar-refractivity contribution in [1.82, 2.24) is 19.7 Å². The van der Waals surface area contributed by atoms with Gasteiger partial charge in [-0.05, 0) is 56.0 Å². The van der Waals surface area contributed by atoms with Crippen molar-refractivity contribution in [3.05, 3.63) is 65.3 Å². The molecule has 2 heterocycles. The Hall–Kier alpha value is -2.40. The highest BCUT2D eigenvalue weighted by atomic mass is 35.5. The smallest absolute Gasteiger partial charge is 0.213 e. The second kappa shape index (κ2) is 8.09. The number of aromatic nitrogens is 4. The lowest BCUT2D eigenvalue weighted by Gasteiger charge is -2.28. The van der Waals surface area contributed by atoms with Crippen LogP contribution < -0.4 is 4.74 Å².